The van der Waals surface area contributed by atoms with E-state index in [2.05, 4.69) is 5.32 Å². The number of carbonyl (C=O) groups excluding carboxylic acids is 1. The van der Waals surface area contributed by atoms with Gasteiger partial charge in [-0.1, -0.05) is 38.8 Å². The highest BCUT2D eigenvalue weighted by Crippen LogP contribution is 2.36. The van der Waals surface area contributed by atoms with Crippen LogP contribution in [-0.4, -0.2) is 19.1 Å². The van der Waals surface area contributed by atoms with Crippen LogP contribution >= 0.6 is 0 Å². The number of benzene rings is 1. The highest BCUT2D eigenvalue weighted by molar-refractivity contribution is 5.88. The first-order valence-electron chi connectivity index (χ1n) is 11.3. The molecule has 1 rings (SSSR count). The largest absolute Gasteiger partial charge is 0.416 e. The quantitative estimate of drug-likeness (QED) is 0.134. The van der Waals surface area contributed by atoms with Crippen LogP contribution in [0.3, 0.4) is 0 Å². The normalized spacial score (nSPS) is 13.2. The standard InChI is InChI=1S/C25H33F6NO2/c1-18(2)16-32-23(33)12-19(3)10-8-6-4-5-7-9-11-34-17-20-13-21(24(26,27)28)15-22(14-20)25(29,30)31/h8,10,12-15,18H,4-7,9,11,16-17H2,1-3H3,(H,32,33)/b10-8+,19-12+. The highest BCUT2D eigenvalue weighted by atomic mass is 19.4. The van der Waals surface area contributed by atoms with Gasteiger partial charge in [0.15, 0.2) is 0 Å². The van der Waals surface area contributed by atoms with E-state index in [0.29, 0.717) is 31.0 Å². The Balaban J connectivity index is 2.30. The predicted octanol–water partition coefficient (Wildman–Crippen LogP) is 7.47. The van der Waals surface area contributed by atoms with E-state index in [-0.39, 0.29) is 30.8 Å². The fourth-order valence-corrected chi connectivity index (χ4v) is 2.99. The molecule has 0 saturated heterocycles. The summed E-state index contributed by atoms with van der Waals surface area (Å²) in [4.78, 5) is 11.7. The zero-order valence-corrected chi connectivity index (χ0v) is 19.8. The van der Waals surface area contributed by atoms with Gasteiger partial charge in [-0.3, -0.25) is 4.79 Å². The number of hydrogen-bond donors (Lipinski definition) is 1. The predicted molar refractivity (Wildman–Crippen MR) is 120 cm³/mol. The third-order valence-electron chi connectivity index (χ3n) is 4.75. The van der Waals surface area contributed by atoms with Crippen molar-refractivity contribution < 1.29 is 35.9 Å². The fourth-order valence-electron chi connectivity index (χ4n) is 2.99. The molecule has 0 saturated carbocycles. The second kappa shape index (κ2) is 14.2. The molecule has 1 amide bonds. The van der Waals surface area contributed by atoms with Crippen molar-refractivity contribution >= 4 is 5.91 Å². The minimum absolute atomic E-state index is 0.108. The van der Waals surface area contributed by atoms with E-state index in [0.717, 1.165) is 31.3 Å². The maximum absolute atomic E-state index is 12.9. The van der Waals surface area contributed by atoms with Gasteiger partial charge in [0.25, 0.3) is 0 Å². The summed E-state index contributed by atoms with van der Waals surface area (Å²) < 4.78 is 82.5. The summed E-state index contributed by atoms with van der Waals surface area (Å²) >= 11 is 0. The van der Waals surface area contributed by atoms with Crippen molar-refractivity contribution in [2.24, 2.45) is 5.92 Å². The maximum atomic E-state index is 12.9. The summed E-state index contributed by atoms with van der Waals surface area (Å²) in [6.07, 6.45) is -0.133. The van der Waals surface area contributed by atoms with E-state index < -0.39 is 23.5 Å². The van der Waals surface area contributed by atoms with Crippen LogP contribution in [0.15, 0.2) is 42.0 Å². The molecule has 3 nitrogen and oxygen atoms in total. The van der Waals surface area contributed by atoms with E-state index in [1.165, 1.54) is 0 Å². The Hall–Kier alpha value is -2.29. The van der Waals surface area contributed by atoms with Crippen LogP contribution in [0.2, 0.25) is 0 Å². The molecule has 0 aliphatic heterocycles. The lowest BCUT2D eigenvalue weighted by molar-refractivity contribution is -0.143. The summed E-state index contributed by atoms with van der Waals surface area (Å²) in [6.45, 7) is 6.46. The summed E-state index contributed by atoms with van der Waals surface area (Å²) in [5.74, 6) is 0.275. The number of ether oxygens (including phenoxy) is 1. The Morgan fingerprint density at radius 1 is 0.971 bits per heavy atom. The monoisotopic (exact) mass is 493 g/mol. The number of rotatable bonds is 13. The van der Waals surface area contributed by atoms with Gasteiger partial charge in [-0.15, -0.1) is 0 Å². The Morgan fingerprint density at radius 3 is 2.12 bits per heavy atom. The number of allylic oxidation sites excluding steroid dienone is 3. The zero-order chi connectivity index (χ0) is 25.8. The number of halogens is 6. The minimum Gasteiger partial charge on any atom is -0.377 e. The fraction of sp³-hybridized carbons (Fsp3) is 0.560. The number of hydrogen-bond acceptors (Lipinski definition) is 2. The van der Waals surface area contributed by atoms with Crippen LogP contribution in [0.5, 0.6) is 0 Å². The molecule has 0 atom stereocenters. The lowest BCUT2D eigenvalue weighted by Crippen LogP contribution is -2.25. The molecule has 0 spiro atoms. The molecule has 0 aliphatic carbocycles. The van der Waals surface area contributed by atoms with Crippen molar-refractivity contribution in [3.05, 3.63) is 58.7 Å². The van der Waals surface area contributed by atoms with E-state index in [1.807, 2.05) is 32.9 Å². The molecule has 1 aromatic rings. The number of nitrogens with one attached hydrogen (secondary N) is 1. The molecule has 0 aromatic heterocycles. The molecule has 0 heterocycles. The van der Waals surface area contributed by atoms with Crippen LogP contribution in [0.4, 0.5) is 26.3 Å². The van der Waals surface area contributed by atoms with Gasteiger partial charge in [0.2, 0.25) is 5.91 Å². The molecule has 0 fully saturated rings. The van der Waals surface area contributed by atoms with Crippen molar-refractivity contribution in [2.45, 2.75) is 71.8 Å². The molecule has 0 bridgehead atoms. The van der Waals surface area contributed by atoms with Crippen LogP contribution < -0.4 is 5.32 Å². The average molecular weight is 494 g/mol. The molecule has 9 heteroatoms. The molecule has 0 unspecified atom stereocenters. The van der Waals surface area contributed by atoms with E-state index in [4.69, 9.17) is 4.74 Å². The summed E-state index contributed by atoms with van der Waals surface area (Å²) in [6, 6.07) is 1.48. The average Bonchev–Trinajstić information content (AvgIpc) is 2.72. The zero-order valence-electron chi connectivity index (χ0n) is 19.8. The summed E-state index contributed by atoms with van der Waals surface area (Å²) in [5, 5.41) is 2.82. The molecular weight excluding hydrogens is 460 g/mol. The summed E-state index contributed by atoms with van der Waals surface area (Å²) in [7, 11) is 0. The summed E-state index contributed by atoms with van der Waals surface area (Å²) in [5.41, 5.74) is -1.97. The highest BCUT2D eigenvalue weighted by Gasteiger charge is 2.36. The second-order valence-corrected chi connectivity index (χ2v) is 8.60. The third kappa shape index (κ3) is 12.8. The van der Waals surface area contributed by atoms with Gasteiger partial charge in [-0.05, 0) is 61.4 Å². The van der Waals surface area contributed by atoms with Gasteiger partial charge < -0.3 is 10.1 Å². The van der Waals surface area contributed by atoms with Crippen molar-refractivity contribution in [3.8, 4) is 0 Å². The lowest BCUT2D eigenvalue weighted by atomic mass is 10.1. The first-order chi connectivity index (χ1) is 15.8. The third-order valence-corrected chi connectivity index (χ3v) is 4.75. The number of unbranched alkanes of at least 4 members (excludes halogenated alkanes) is 4. The lowest BCUT2D eigenvalue weighted by Gasteiger charge is -2.14. The topological polar surface area (TPSA) is 38.3 Å². The van der Waals surface area contributed by atoms with Crippen molar-refractivity contribution in [3.63, 3.8) is 0 Å². The van der Waals surface area contributed by atoms with E-state index >= 15 is 0 Å². The minimum atomic E-state index is -4.86. The van der Waals surface area contributed by atoms with Crippen molar-refractivity contribution in [1.82, 2.24) is 5.32 Å². The first kappa shape index (κ1) is 29.7. The molecule has 1 N–H and O–H groups in total. The molecule has 192 valence electrons. The van der Waals surface area contributed by atoms with E-state index in [9.17, 15) is 31.1 Å². The van der Waals surface area contributed by atoms with Gasteiger partial charge in [-0.2, -0.15) is 26.3 Å². The number of alkyl halides is 6. The Bertz CT molecular complexity index is 793. The Morgan fingerprint density at radius 2 is 1.56 bits per heavy atom. The van der Waals surface area contributed by atoms with E-state index in [1.54, 1.807) is 6.08 Å². The van der Waals surface area contributed by atoms with Crippen LogP contribution in [-0.2, 0) is 28.5 Å². The molecule has 34 heavy (non-hydrogen) atoms. The smallest absolute Gasteiger partial charge is 0.377 e. The van der Waals surface area contributed by atoms with Crippen molar-refractivity contribution in [2.75, 3.05) is 13.2 Å². The SMILES string of the molecule is CC(/C=C/CCCCCCOCc1cc(C(F)(F)F)cc(C(F)(F)F)c1)=C\C(=O)NCC(C)C. The maximum Gasteiger partial charge on any atom is 0.416 e. The Labute approximate surface area is 197 Å². The Kier molecular flexibility index (Phi) is 12.4. The van der Waals surface area contributed by atoms with Crippen LogP contribution in [0, 0.1) is 5.92 Å². The number of carbonyl (C=O) groups is 1. The second-order valence-electron chi connectivity index (χ2n) is 8.60. The number of amides is 1. The first-order valence-corrected chi connectivity index (χ1v) is 11.3. The molecular formula is C25H33F6NO2. The molecule has 0 aliphatic rings. The van der Waals surface area contributed by atoms with Gasteiger partial charge in [0, 0.05) is 19.2 Å². The van der Waals surface area contributed by atoms with Gasteiger partial charge >= 0.3 is 12.4 Å². The van der Waals surface area contributed by atoms with Crippen molar-refractivity contribution in [1.29, 1.82) is 0 Å². The van der Waals surface area contributed by atoms with Gasteiger partial charge in [-0.25, -0.2) is 0 Å². The van der Waals surface area contributed by atoms with Gasteiger partial charge in [0.1, 0.15) is 0 Å². The van der Waals surface area contributed by atoms with Crippen LogP contribution in [0.1, 0.15) is 69.6 Å². The van der Waals surface area contributed by atoms with Gasteiger partial charge in [0.05, 0.1) is 17.7 Å². The molecule has 0 radical (unpaired) electrons. The molecule has 1 aromatic carbocycles. The van der Waals surface area contributed by atoms with Crippen LogP contribution in [0.25, 0.3) is 0 Å².